The van der Waals surface area contributed by atoms with Gasteiger partial charge in [0.05, 0.1) is 10.6 Å². The second-order valence-corrected chi connectivity index (χ2v) is 6.27. The predicted molar refractivity (Wildman–Crippen MR) is 77.5 cm³/mol. The highest BCUT2D eigenvalue weighted by Gasteiger charge is 2.16. The van der Waals surface area contributed by atoms with Crippen molar-refractivity contribution in [3.8, 4) is 0 Å². The van der Waals surface area contributed by atoms with Gasteiger partial charge in [0.15, 0.2) is 0 Å². The number of aryl methyl sites for hydroxylation is 2. The van der Waals surface area contributed by atoms with Crippen molar-refractivity contribution in [1.82, 2.24) is 0 Å². The van der Waals surface area contributed by atoms with Gasteiger partial charge in [-0.2, -0.15) is 0 Å². The zero-order chi connectivity index (χ0) is 14.9. The second kappa shape index (κ2) is 5.13. The van der Waals surface area contributed by atoms with Crippen LogP contribution in [0.5, 0.6) is 0 Å². The number of rotatable bonds is 3. The summed E-state index contributed by atoms with van der Waals surface area (Å²) in [5.41, 5.74) is 8.26. The normalized spacial score (nSPS) is 11.3. The van der Waals surface area contributed by atoms with Gasteiger partial charge in [0.2, 0.25) is 0 Å². The molecule has 0 unspecified atom stereocenters. The van der Waals surface area contributed by atoms with E-state index in [4.69, 9.17) is 5.73 Å². The minimum atomic E-state index is -3.82. The summed E-state index contributed by atoms with van der Waals surface area (Å²) in [7, 11) is -3.82. The molecule has 3 N–H and O–H groups in total. The summed E-state index contributed by atoms with van der Waals surface area (Å²) in [4.78, 5) is -0.119. The van der Waals surface area contributed by atoms with E-state index in [0.29, 0.717) is 16.9 Å². The van der Waals surface area contributed by atoms with Crippen LogP contribution in [0.25, 0.3) is 0 Å². The van der Waals surface area contributed by atoms with Crippen molar-refractivity contribution >= 4 is 21.4 Å². The lowest BCUT2D eigenvalue weighted by molar-refractivity contribution is 0.595. The third kappa shape index (κ3) is 2.91. The van der Waals surface area contributed by atoms with Crippen LogP contribution in [-0.4, -0.2) is 8.42 Å². The zero-order valence-electron chi connectivity index (χ0n) is 11.1. The van der Waals surface area contributed by atoms with Crippen LogP contribution in [0.15, 0.2) is 41.3 Å². The first-order chi connectivity index (χ1) is 9.29. The molecule has 0 aliphatic heterocycles. The number of hydrogen-bond donors (Lipinski definition) is 2. The minimum Gasteiger partial charge on any atom is -0.399 e. The Labute approximate surface area is 117 Å². The molecule has 2 aromatic rings. The lowest BCUT2D eigenvalue weighted by atomic mass is 10.1. The summed E-state index contributed by atoms with van der Waals surface area (Å²) in [6, 6.07) is 8.20. The average molecular weight is 294 g/mol. The summed E-state index contributed by atoms with van der Waals surface area (Å²) in [6.07, 6.45) is 0. The number of sulfonamides is 1. The largest absolute Gasteiger partial charge is 0.399 e. The van der Waals surface area contributed by atoms with E-state index in [1.54, 1.807) is 26.0 Å². The summed E-state index contributed by atoms with van der Waals surface area (Å²) in [5.74, 6) is -0.599. The fourth-order valence-corrected chi connectivity index (χ4v) is 2.94. The molecule has 2 aromatic carbocycles. The molecule has 0 aliphatic rings. The molecule has 20 heavy (non-hydrogen) atoms. The average Bonchev–Trinajstić information content (AvgIpc) is 2.36. The number of halogens is 1. The third-order valence-corrected chi connectivity index (χ3v) is 4.33. The smallest absolute Gasteiger partial charge is 0.262 e. The Bertz CT molecular complexity index is 758. The lowest BCUT2D eigenvalue weighted by Crippen LogP contribution is -2.14. The molecule has 106 valence electrons. The number of nitrogens with one attached hydrogen (secondary N) is 1. The number of hydrogen-bond acceptors (Lipinski definition) is 3. The van der Waals surface area contributed by atoms with Crippen molar-refractivity contribution in [1.29, 1.82) is 0 Å². The SMILES string of the molecule is Cc1cc(NS(=O)(=O)c2cccc(F)c2)c(C)cc1N. The van der Waals surface area contributed by atoms with E-state index in [1.807, 2.05) is 0 Å². The third-order valence-electron chi connectivity index (χ3n) is 2.96. The molecular formula is C14H15FN2O2S. The van der Waals surface area contributed by atoms with Crippen LogP contribution in [-0.2, 0) is 10.0 Å². The Kier molecular flexibility index (Phi) is 3.67. The van der Waals surface area contributed by atoms with Gasteiger partial charge >= 0.3 is 0 Å². The van der Waals surface area contributed by atoms with Crippen LogP contribution >= 0.6 is 0 Å². The van der Waals surface area contributed by atoms with Gasteiger partial charge in [-0.05, 0) is 55.3 Å². The molecule has 0 aromatic heterocycles. The fourth-order valence-electron chi connectivity index (χ4n) is 1.79. The van der Waals surface area contributed by atoms with Crippen molar-refractivity contribution in [2.24, 2.45) is 0 Å². The topological polar surface area (TPSA) is 72.2 Å². The van der Waals surface area contributed by atoms with E-state index in [1.165, 1.54) is 18.2 Å². The maximum atomic E-state index is 13.1. The van der Waals surface area contributed by atoms with Crippen LogP contribution in [0.2, 0.25) is 0 Å². The molecule has 0 saturated carbocycles. The maximum absolute atomic E-state index is 13.1. The van der Waals surface area contributed by atoms with Gasteiger partial charge in [-0.1, -0.05) is 6.07 Å². The fraction of sp³-hybridized carbons (Fsp3) is 0.143. The molecule has 0 spiro atoms. The van der Waals surface area contributed by atoms with Gasteiger partial charge in [0, 0.05) is 5.69 Å². The van der Waals surface area contributed by atoms with Crippen molar-refractivity contribution in [3.63, 3.8) is 0 Å². The zero-order valence-corrected chi connectivity index (χ0v) is 12.0. The molecule has 0 atom stereocenters. The van der Waals surface area contributed by atoms with Crippen molar-refractivity contribution in [2.45, 2.75) is 18.7 Å². The van der Waals surface area contributed by atoms with Crippen molar-refractivity contribution in [3.05, 3.63) is 53.3 Å². The molecule has 0 radical (unpaired) electrons. The quantitative estimate of drug-likeness (QED) is 0.855. The predicted octanol–water partition coefficient (Wildman–Crippen LogP) is 2.83. The molecule has 0 bridgehead atoms. The number of benzene rings is 2. The molecular weight excluding hydrogens is 279 g/mol. The van der Waals surface area contributed by atoms with Crippen molar-refractivity contribution < 1.29 is 12.8 Å². The summed E-state index contributed by atoms with van der Waals surface area (Å²) in [6.45, 7) is 3.54. The number of nitrogen functional groups attached to an aromatic ring is 1. The molecule has 0 fully saturated rings. The summed E-state index contributed by atoms with van der Waals surface area (Å²) >= 11 is 0. The summed E-state index contributed by atoms with van der Waals surface area (Å²) in [5, 5.41) is 0. The lowest BCUT2D eigenvalue weighted by Gasteiger charge is -2.12. The van der Waals surface area contributed by atoms with Gasteiger partial charge < -0.3 is 5.73 Å². The second-order valence-electron chi connectivity index (χ2n) is 4.59. The molecule has 0 heterocycles. The first-order valence-electron chi connectivity index (χ1n) is 5.95. The number of anilines is 2. The standard InChI is InChI=1S/C14H15FN2O2S/c1-9-7-14(10(2)6-13(9)16)17-20(18,19)12-5-3-4-11(15)8-12/h3-8,17H,16H2,1-2H3. The van der Waals surface area contributed by atoms with Crippen LogP contribution in [0.4, 0.5) is 15.8 Å². The highest BCUT2D eigenvalue weighted by atomic mass is 32.2. The minimum absolute atomic E-state index is 0.119. The Hall–Kier alpha value is -2.08. The van der Waals surface area contributed by atoms with E-state index in [0.717, 1.165) is 11.6 Å². The number of nitrogens with two attached hydrogens (primary N) is 1. The molecule has 0 amide bonds. The molecule has 2 rings (SSSR count). The summed E-state index contributed by atoms with van der Waals surface area (Å²) < 4.78 is 40.0. The van der Waals surface area contributed by atoms with E-state index in [-0.39, 0.29) is 4.90 Å². The van der Waals surface area contributed by atoms with E-state index in [9.17, 15) is 12.8 Å². The Morgan fingerprint density at radius 3 is 2.45 bits per heavy atom. The molecule has 0 aliphatic carbocycles. The first kappa shape index (κ1) is 14.3. The Morgan fingerprint density at radius 2 is 1.80 bits per heavy atom. The van der Waals surface area contributed by atoms with Crippen LogP contribution in [0.1, 0.15) is 11.1 Å². The Balaban J connectivity index is 2.41. The van der Waals surface area contributed by atoms with Crippen LogP contribution in [0, 0.1) is 19.7 Å². The highest BCUT2D eigenvalue weighted by Crippen LogP contribution is 2.24. The van der Waals surface area contributed by atoms with Gasteiger partial charge in [-0.15, -0.1) is 0 Å². The van der Waals surface area contributed by atoms with Crippen LogP contribution in [0.3, 0.4) is 0 Å². The van der Waals surface area contributed by atoms with E-state index < -0.39 is 15.8 Å². The van der Waals surface area contributed by atoms with E-state index >= 15 is 0 Å². The molecule has 6 heteroatoms. The van der Waals surface area contributed by atoms with Gasteiger partial charge in [0.25, 0.3) is 10.0 Å². The first-order valence-corrected chi connectivity index (χ1v) is 7.43. The van der Waals surface area contributed by atoms with Gasteiger partial charge in [-0.25, -0.2) is 12.8 Å². The Morgan fingerprint density at radius 1 is 1.10 bits per heavy atom. The monoisotopic (exact) mass is 294 g/mol. The van der Waals surface area contributed by atoms with Crippen LogP contribution < -0.4 is 10.5 Å². The maximum Gasteiger partial charge on any atom is 0.262 e. The molecule has 4 nitrogen and oxygen atoms in total. The van der Waals surface area contributed by atoms with E-state index in [2.05, 4.69) is 4.72 Å². The van der Waals surface area contributed by atoms with Crippen molar-refractivity contribution in [2.75, 3.05) is 10.5 Å². The van der Waals surface area contributed by atoms with Gasteiger partial charge in [-0.3, -0.25) is 4.72 Å². The molecule has 0 saturated heterocycles. The van der Waals surface area contributed by atoms with Gasteiger partial charge in [0.1, 0.15) is 5.82 Å². The highest BCUT2D eigenvalue weighted by molar-refractivity contribution is 7.92.